The van der Waals surface area contributed by atoms with Gasteiger partial charge in [0.2, 0.25) is 5.91 Å². The van der Waals surface area contributed by atoms with E-state index in [0.717, 1.165) is 30.2 Å². The maximum absolute atomic E-state index is 12.9. The number of amides is 2. The molecule has 1 saturated heterocycles. The van der Waals surface area contributed by atoms with E-state index in [0.29, 0.717) is 24.6 Å². The smallest absolute Gasteiger partial charge is 0.274 e. The van der Waals surface area contributed by atoms with Crippen molar-refractivity contribution in [2.45, 2.75) is 13.0 Å². The second-order valence-electron chi connectivity index (χ2n) is 7.94. The van der Waals surface area contributed by atoms with Gasteiger partial charge < -0.3 is 10.2 Å². The molecule has 0 unspecified atom stereocenters. The lowest BCUT2D eigenvalue weighted by Crippen LogP contribution is -2.48. The number of aromatic nitrogens is 2. The molecule has 7 nitrogen and oxygen atoms in total. The zero-order chi connectivity index (χ0) is 22.5. The quantitative estimate of drug-likeness (QED) is 0.624. The number of nitrogens with zero attached hydrogens (tertiary/aromatic N) is 4. The molecule has 1 aliphatic heterocycles. The second-order valence-corrected chi connectivity index (χ2v) is 8.38. The molecule has 2 aromatic carbocycles. The number of hydrogen-bond acceptors (Lipinski definition) is 4. The number of aryl methyl sites for hydroxylation is 1. The first-order valence-electron chi connectivity index (χ1n) is 10.6. The van der Waals surface area contributed by atoms with E-state index >= 15 is 0 Å². The molecule has 4 rings (SSSR count). The van der Waals surface area contributed by atoms with Gasteiger partial charge >= 0.3 is 0 Å². The van der Waals surface area contributed by atoms with Crippen LogP contribution in [-0.4, -0.2) is 57.6 Å². The fraction of sp³-hybridized carbons (Fsp3) is 0.292. The van der Waals surface area contributed by atoms with Crippen LogP contribution in [-0.2, 0) is 24.8 Å². The van der Waals surface area contributed by atoms with Crippen LogP contribution < -0.4 is 5.32 Å². The summed E-state index contributed by atoms with van der Waals surface area (Å²) in [6.45, 7) is 3.70. The Hall–Kier alpha value is -3.16. The molecule has 166 valence electrons. The topological polar surface area (TPSA) is 70.5 Å². The van der Waals surface area contributed by atoms with E-state index < -0.39 is 0 Å². The highest BCUT2D eigenvalue weighted by Crippen LogP contribution is 2.16. The zero-order valence-corrected chi connectivity index (χ0v) is 18.8. The lowest BCUT2D eigenvalue weighted by atomic mass is 10.1. The molecule has 1 fully saturated rings. The van der Waals surface area contributed by atoms with Gasteiger partial charge in [-0.25, -0.2) is 0 Å². The van der Waals surface area contributed by atoms with Crippen LogP contribution >= 0.6 is 11.6 Å². The highest BCUT2D eigenvalue weighted by atomic mass is 35.5. The van der Waals surface area contributed by atoms with E-state index in [-0.39, 0.29) is 18.2 Å². The SMILES string of the molecule is Cn1nc(C(=O)N2CCN(Cc3ccc(Cl)cc3)CC2)cc1NC(=O)Cc1ccccc1. The lowest BCUT2D eigenvalue weighted by Gasteiger charge is -2.34. The molecule has 1 N–H and O–H groups in total. The second kappa shape index (κ2) is 9.97. The molecule has 32 heavy (non-hydrogen) atoms. The van der Waals surface area contributed by atoms with Gasteiger partial charge in [-0.15, -0.1) is 0 Å². The van der Waals surface area contributed by atoms with E-state index in [4.69, 9.17) is 11.6 Å². The molecule has 3 aromatic rings. The summed E-state index contributed by atoms with van der Waals surface area (Å²) in [5.41, 5.74) is 2.48. The van der Waals surface area contributed by atoms with Crippen LogP contribution in [0.4, 0.5) is 5.82 Å². The molecule has 0 atom stereocenters. The van der Waals surface area contributed by atoms with Gasteiger partial charge in [0.25, 0.3) is 5.91 Å². The van der Waals surface area contributed by atoms with Crippen molar-refractivity contribution in [2.24, 2.45) is 7.05 Å². The van der Waals surface area contributed by atoms with Crippen molar-refractivity contribution >= 4 is 29.2 Å². The van der Waals surface area contributed by atoms with Crippen LogP contribution in [0.2, 0.25) is 5.02 Å². The Kier molecular flexibility index (Phi) is 6.87. The van der Waals surface area contributed by atoms with E-state index in [1.54, 1.807) is 13.1 Å². The Balaban J connectivity index is 1.31. The number of benzene rings is 2. The third-order valence-corrected chi connectivity index (χ3v) is 5.80. The number of anilines is 1. The Morgan fingerprint density at radius 1 is 0.969 bits per heavy atom. The number of carbonyl (C=O) groups excluding carboxylic acids is 2. The normalized spacial score (nSPS) is 14.4. The minimum absolute atomic E-state index is 0.115. The maximum atomic E-state index is 12.9. The van der Waals surface area contributed by atoms with Gasteiger partial charge in [-0.05, 0) is 23.3 Å². The van der Waals surface area contributed by atoms with Crippen LogP contribution in [0, 0.1) is 0 Å². The molecule has 0 bridgehead atoms. The summed E-state index contributed by atoms with van der Waals surface area (Å²) in [6, 6.07) is 19.0. The first-order chi connectivity index (χ1) is 15.5. The largest absolute Gasteiger partial charge is 0.335 e. The van der Waals surface area contributed by atoms with Gasteiger partial charge in [-0.3, -0.25) is 19.2 Å². The average molecular weight is 452 g/mol. The summed E-state index contributed by atoms with van der Waals surface area (Å²) >= 11 is 5.95. The number of piperazine rings is 1. The summed E-state index contributed by atoms with van der Waals surface area (Å²) in [5, 5.41) is 7.91. The summed E-state index contributed by atoms with van der Waals surface area (Å²) in [6.07, 6.45) is 0.269. The number of rotatable bonds is 6. The van der Waals surface area contributed by atoms with Gasteiger partial charge in [0.05, 0.1) is 6.42 Å². The predicted octanol–water partition coefficient (Wildman–Crippen LogP) is 3.21. The summed E-state index contributed by atoms with van der Waals surface area (Å²) in [4.78, 5) is 29.4. The fourth-order valence-electron chi connectivity index (χ4n) is 3.78. The molecule has 1 aromatic heterocycles. The molecule has 0 spiro atoms. The summed E-state index contributed by atoms with van der Waals surface area (Å²) < 4.78 is 1.53. The minimum Gasteiger partial charge on any atom is -0.335 e. The standard InChI is InChI=1S/C24H26ClN5O2/c1-28-22(26-23(31)15-18-5-3-2-4-6-18)16-21(27-28)24(32)30-13-11-29(12-14-30)17-19-7-9-20(25)10-8-19/h2-10,16H,11-15,17H2,1H3,(H,26,31). The zero-order valence-electron chi connectivity index (χ0n) is 18.0. The molecular weight excluding hydrogens is 426 g/mol. The van der Waals surface area contributed by atoms with Gasteiger partial charge in [-0.1, -0.05) is 54.1 Å². The molecule has 0 radical (unpaired) electrons. The number of halogens is 1. The highest BCUT2D eigenvalue weighted by molar-refractivity contribution is 6.30. The Morgan fingerprint density at radius 3 is 2.34 bits per heavy atom. The van der Waals surface area contributed by atoms with Crippen molar-refractivity contribution < 1.29 is 9.59 Å². The Morgan fingerprint density at radius 2 is 1.66 bits per heavy atom. The first kappa shape index (κ1) is 22.0. The molecule has 0 aliphatic carbocycles. The maximum Gasteiger partial charge on any atom is 0.274 e. The third kappa shape index (κ3) is 5.55. The van der Waals surface area contributed by atoms with Crippen molar-refractivity contribution in [3.63, 3.8) is 0 Å². The van der Waals surface area contributed by atoms with Gasteiger partial charge in [0, 0.05) is 50.9 Å². The van der Waals surface area contributed by atoms with Crippen molar-refractivity contribution in [3.05, 3.63) is 82.5 Å². The van der Waals surface area contributed by atoms with Crippen molar-refractivity contribution in [1.82, 2.24) is 19.6 Å². The van der Waals surface area contributed by atoms with Crippen LogP contribution in [0.15, 0.2) is 60.7 Å². The Bertz CT molecular complexity index is 1070. The molecule has 2 heterocycles. The summed E-state index contributed by atoms with van der Waals surface area (Å²) in [5.74, 6) is 0.250. The monoisotopic (exact) mass is 451 g/mol. The van der Waals surface area contributed by atoms with Crippen LogP contribution in [0.5, 0.6) is 0 Å². The molecule has 8 heteroatoms. The van der Waals surface area contributed by atoms with E-state index in [1.807, 2.05) is 59.5 Å². The van der Waals surface area contributed by atoms with E-state index in [2.05, 4.69) is 15.3 Å². The van der Waals surface area contributed by atoms with Crippen molar-refractivity contribution in [3.8, 4) is 0 Å². The predicted molar refractivity (Wildman–Crippen MR) is 125 cm³/mol. The highest BCUT2D eigenvalue weighted by Gasteiger charge is 2.25. The average Bonchev–Trinajstić information content (AvgIpc) is 3.16. The lowest BCUT2D eigenvalue weighted by molar-refractivity contribution is -0.115. The van der Waals surface area contributed by atoms with Crippen LogP contribution in [0.3, 0.4) is 0 Å². The van der Waals surface area contributed by atoms with E-state index in [1.165, 1.54) is 10.2 Å². The van der Waals surface area contributed by atoms with Crippen LogP contribution in [0.25, 0.3) is 0 Å². The minimum atomic E-state index is -0.144. The van der Waals surface area contributed by atoms with Gasteiger partial charge in [0.1, 0.15) is 5.82 Å². The molecular formula is C24H26ClN5O2. The third-order valence-electron chi connectivity index (χ3n) is 5.55. The number of hydrogen-bond donors (Lipinski definition) is 1. The van der Waals surface area contributed by atoms with Crippen molar-refractivity contribution in [2.75, 3.05) is 31.5 Å². The molecule has 2 amide bonds. The van der Waals surface area contributed by atoms with Gasteiger partial charge in [-0.2, -0.15) is 5.10 Å². The Labute approximate surface area is 192 Å². The van der Waals surface area contributed by atoms with Crippen molar-refractivity contribution in [1.29, 1.82) is 0 Å². The molecule has 0 saturated carbocycles. The number of carbonyl (C=O) groups is 2. The van der Waals surface area contributed by atoms with Gasteiger partial charge in [0.15, 0.2) is 5.69 Å². The summed E-state index contributed by atoms with van der Waals surface area (Å²) in [7, 11) is 1.72. The molecule has 1 aliphatic rings. The first-order valence-corrected chi connectivity index (χ1v) is 11.0. The number of nitrogens with one attached hydrogen (secondary N) is 1. The fourth-order valence-corrected chi connectivity index (χ4v) is 3.90. The van der Waals surface area contributed by atoms with E-state index in [9.17, 15) is 9.59 Å². The van der Waals surface area contributed by atoms with Crippen LogP contribution in [0.1, 0.15) is 21.6 Å².